The van der Waals surface area contributed by atoms with Crippen LogP contribution in [0.1, 0.15) is 56.9 Å². The van der Waals surface area contributed by atoms with Crippen LogP contribution in [0.5, 0.6) is 0 Å². The van der Waals surface area contributed by atoms with Gasteiger partial charge in [0.1, 0.15) is 17.3 Å². The summed E-state index contributed by atoms with van der Waals surface area (Å²) >= 11 is 0. The van der Waals surface area contributed by atoms with Crippen LogP contribution in [0.15, 0.2) is 18.6 Å². The standard InChI is InChI=1S/C19H26N4O5/c1-19(2,3)28-18(27)22-15(17(25)26)11-8-12-4-5-13(9-11)23(12)16(24)14-10-20-6-7-21-14/h6-7,10-13,15H,4-5,8-9H2,1-3H3,(H,22,27)(H,25,26)/t11?,12?,13?,15-/m0/s1. The summed E-state index contributed by atoms with van der Waals surface area (Å²) in [5.74, 6) is -1.54. The maximum absolute atomic E-state index is 12.8. The smallest absolute Gasteiger partial charge is 0.408 e. The molecule has 152 valence electrons. The zero-order chi connectivity index (χ0) is 20.5. The number of rotatable bonds is 4. The van der Waals surface area contributed by atoms with Crippen molar-refractivity contribution in [3.63, 3.8) is 0 Å². The van der Waals surface area contributed by atoms with Crippen LogP contribution in [0.25, 0.3) is 0 Å². The quantitative estimate of drug-likeness (QED) is 0.804. The van der Waals surface area contributed by atoms with Gasteiger partial charge in [0.15, 0.2) is 0 Å². The number of alkyl carbamates (subject to hydrolysis) is 1. The maximum atomic E-state index is 12.8. The molecular weight excluding hydrogens is 364 g/mol. The fraction of sp³-hybridized carbons (Fsp3) is 0.632. The molecule has 3 rings (SSSR count). The molecule has 2 N–H and O–H groups in total. The Bertz CT molecular complexity index is 734. The van der Waals surface area contributed by atoms with Gasteiger partial charge in [-0.05, 0) is 52.4 Å². The largest absolute Gasteiger partial charge is 0.480 e. The van der Waals surface area contributed by atoms with Gasteiger partial charge < -0.3 is 20.1 Å². The molecule has 2 aliphatic rings. The summed E-state index contributed by atoms with van der Waals surface area (Å²) in [6, 6.07) is -1.19. The molecule has 2 aliphatic heterocycles. The fourth-order valence-corrected chi connectivity index (χ4v) is 4.18. The highest BCUT2D eigenvalue weighted by Gasteiger charge is 2.47. The van der Waals surface area contributed by atoms with Crippen LogP contribution in [0.2, 0.25) is 0 Å². The molecule has 2 fully saturated rings. The molecule has 1 aromatic heterocycles. The van der Waals surface area contributed by atoms with E-state index in [-0.39, 0.29) is 23.9 Å². The van der Waals surface area contributed by atoms with Gasteiger partial charge in [0.2, 0.25) is 0 Å². The minimum absolute atomic E-state index is 0.0689. The summed E-state index contributed by atoms with van der Waals surface area (Å²) in [5, 5.41) is 12.2. The van der Waals surface area contributed by atoms with Crippen molar-refractivity contribution in [3.8, 4) is 0 Å². The molecule has 3 atom stereocenters. The van der Waals surface area contributed by atoms with Crippen molar-refractivity contribution >= 4 is 18.0 Å². The van der Waals surface area contributed by atoms with Crippen LogP contribution in [-0.4, -0.2) is 61.7 Å². The summed E-state index contributed by atoms with van der Waals surface area (Å²) in [4.78, 5) is 46.5. The van der Waals surface area contributed by atoms with E-state index in [2.05, 4.69) is 15.3 Å². The van der Waals surface area contributed by atoms with Gasteiger partial charge in [-0.2, -0.15) is 0 Å². The normalized spacial score (nSPS) is 25.1. The van der Waals surface area contributed by atoms with Crippen molar-refractivity contribution in [2.75, 3.05) is 0 Å². The average Bonchev–Trinajstić information content (AvgIpc) is 2.87. The summed E-state index contributed by atoms with van der Waals surface area (Å²) in [7, 11) is 0. The molecule has 0 spiro atoms. The third kappa shape index (κ3) is 4.40. The van der Waals surface area contributed by atoms with Crippen LogP contribution in [-0.2, 0) is 9.53 Å². The Hall–Kier alpha value is -2.71. The number of carbonyl (C=O) groups is 3. The lowest BCUT2D eigenvalue weighted by Gasteiger charge is -2.40. The number of ether oxygens (including phenoxy) is 1. The van der Waals surface area contributed by atoms with E-state index in [1.54, 1.807) is 20.8 Å². The summed E-state index contributed by atoms with van der Waals surface area (Å²) in [6.07, 6.45) is 6.33. The lowest BCUT2D eigenvalue weighted by atomic mass is 9.84. The molecule has 2 amide bonds. The Morgan fingerprint density at radius 3 is 2.36 bits per heavy atom. The van der Waals surface area contributed by atoms with Crippen LogP contribution in [0.3, 0.4) is 0 Å². The number of hydrogen-bond donors (Lipinski definition) is 2. The Kier molecular flexibility index (Phi) is 5.53. The third-order valence-electron chi connectivity index (χ3n) is 5.20. The molecule has 28 heavy (non-hydrogen) atoms. The van der Waals surface area contributed by atoms with Crippen molar-refractivity contribution < 1.29 is 24.2 Å². The maximum Gasteiger partial charge on any atom is 0.408 e. The number of nitrogens with one attached hydrogen (secondary N) is 1. The molecule has 0 aliphatic carbocycles. The van der Waals surface area contributed by atoms with Gasteiger partial charge in [-0.3, -0.25) is 9.78 Å². The van der Waals surface area contributed by atoms with Gasteiger partial charge in [-0.25, -0.2) is 14.6 Å². The van der Waals surface area contributed by atoms with E-state index in [0.29, 0.717) is 18.5 Å². The first-order chi connectivity index (χ1) is 13.2. The minimum atomic E-state index is -1.09. The molecule has 2 bridgehead atoms. The molecule has 0 radical (unpaired) electrons. The van der Waals surface area contributed by atoms with Crippen molar-refractivity contribution in [1.82, 2.24) is 20.2 Å². The fourth-order valence-electron chi connectivity index (χ4n) is 4.18. The van der Waals surface area contributed by atoms with Crippen LogP contribution >= 0.6 is 0 Å². The van der Waals surface area contributed by atoms with Gasteiger partial charge in [0, 0.05) is 24.5 Å². The first kappa shape index (κ1) is 20.0. The number of carboxylic acid groups (broad SMARTS) is 1. The molecule has 1 aromatic rings. The number of piperidine rings is 1. The second-order valence-corrected chi connectivity index (χ2v) is 8.38. The average molecular weight is 390 g/mol. The number of aromatic nitrogens is 2. The molecule has 0 aromatic carbocycles. The number of amides is 2. The van der Waals surface area contributed by atoms with E-state index in [4.69, 9.17) is 4.74 Å². The number of fused-ring (bicyclic) bond motifs is 2. The first-order valence-corrected chi connectivity index (χ1v) is 9.46. The van der Waals surface area contributed by atoms with Crippen molar-refractivity contribution in [3.05, 3.63) is 24.3 Å². The van der Waals surface area contributed by atoms with Gasteiger partial charge >= 0.3 is 12.1 Å². The summed E-state index contributed by atoms with van der Waals surface area (Å²) in [6.45, 7) is 5.16. The summed E-state index contributed by atoms with van der Waals surface area (Å²) in [5.41, 5.74) is -0.418. The van der Waals surface area contributed by atoms with Gasteiger partial charge in [0.05, 0.1) is 6.20 Å². The van der Waals surface area contributed by atoms with Crippen LogP contribution in [0.4, 0.5) is 4.79 Å². The second-order valence-electron chi connectivity index (χ2n) is 8.38. The van der Waals surface area contributed by atoms with Crippen LogP contribution in [0, 0.1) is 5.92 Å². The number of aliphatic carboxylic acids is 1. The monoisotopic (exact) mass is 390 g/mol. The predicted molar refractivity (Wildman–Crippen MR) is 98.5 cm³/mol. The molecule has 0 saturated carbocycles. The Morgan fingerprint density at radius 2 is 1.86 bits per heavy atom. The van der Waals surface area contributed by atoms with Crippen molar-refractivity contribution in [2.24, 2.45) is 5.92 Å². The summed E-state index contributed by atoms with van der Waals surface area (Å²) < 4.78 is 5.20. The predicted octanol–water partition coefficient (Wildman–Crippen LogP) is 1.84. The molecule has 3 heterocycles. The van der Waals surface area contributed by atoms with E-state index in [1.807, 2.05) is 4.90 Å². The highest BCUT2D eigenvalue weighted by molar-refractivity contribution is 5.92. The van der Waals surface area contributed by atoms with E-state index in [1.165, 1.54) is 18.6 Å². The highest BCUT2D eigenvalue weighted by atomic mass is 16.6. The lowest BCUT2D eigenvalue weighted by molar-refractivity contribution is -0.141. The van der Waals surface area contributed by atoms with E-state index in [0.717, 1.165) is 12.8 Å². The first-order valence-electron chi connectivity index (χ1n) is 9.46. The minimum Gasteiger partial charge on any atom is -0.480 e. The van der Waals surface area contributed by atoms with E-state index in [9.17, 15) is 19.5 Å². The van der Waals surface area contributed by atoms with Gasteiger partial charge in [0.25, 0.3) is 5.91 Å². The molecule has 9 heteroatoms. The van der Waals surface area contributed by atoms with Gasteiger partial charge in [-0.1, -0.05) is 0 Å². The third-order valence-corrected chi connectivity index (χ3v) is 5.20. The van der Waals surface area contributed by atoms with E-state index >= 15 is 0 Å². The lowest BCUT2D eigenvalue weighted by Crippen LogP contribution is -2.54. The zero-order valence-electron chi connectivity index (χ0n) is 16.3. The zero-order valence-corrected chi connectivity index (χ0v) is 16.3. The highest BCUT2D eigenvalue weighted by Crippen LogP contribution is 2.40. The molecule has 2 unspecified atom stereocenters. The van der Waals surface area contributed by atoms with E-state index < -0.39 is 23.7 Å². The SMILES string of the molecule is CC(C)(C)OC(=O)N[C@H](C(=O)O)C1CC2CCC(C1)N2C(=O)c1cnccn1. The van der Waals surface area contributed by atoms with Crippen molar-refractivity contribution in [1.29, 1.82) is 0 Å². The number of nitrogens with zero attached hydrogens (tertiary/aromatic N) is 3. The Labute approximate surface area is 163 Å². The molecular formula is C19H26N4O5. The van der Waals surface area contributed by atoms with Crippen LogP contribution < -0.4 is 5.32 Å². The topological polar surface area (TPSA) is 122 Å². The number of hydrogen-bond acceptors (Lipinski definition) is 6. The Morgan fingerprint density at radius 1 is 1.21 bits per heavy atom. The number of carboxylic acids is 1. The van der Waals surface area contributed by atoms with Gasteiger partial charge in [-0.15, -0.1) is 0 Å². The van der Waals surface area contributed by atoms with Crippen molar-refractivity contribution in [2.45, 2.75) is 70.2 Å². The second kappa shape index (κ2) is 7.73. The molecule has 9 nitrogen and oxygen atoms in total. The molecule has 2 saturated heterocycles. The Balaban J connectivity index is 1.70. The number of carbonyl (C=O) groups excluding carboxylic acids is 2.